The molecule has 0 saturated heterocycles. The molecule has 1 N–H and O–H groups in total. The number of rotatable bonds is 8. The van der Waals surface area contributed by atoms with Crippen LogP contribution in [0.5, 0.6) is 5.75 Å². The Bertz CT molecular complexity index is 648. The number of hydrogen-bond acceptors (Lipinski definition) is 3. The number of aromatic nitrogens is 1. The van der Waals surface area contributed by atoms with Crippen LogP contribution in [0.25, 0.3) is 0 Å². The average Bonchev–Trinajstić information content (AvgIpc) is 3.35. The lowest BCUT2D eigenvalue weighted by atomic mass is 10.2. The van der Waals surface area contributed by atoms with Gasteiger partial charge in [-0.25, -0.2) is 0 Å². The van der Waals surface area contributed by atoms with Crippen LogP contribution in [0.2, 0.25) is 0 Å². The quantitative estimate of drug-likeness (QED) is 0.761. The molecule has 1 fully saturated rings. The summed E-state index contributed by atoms with van der Waals surface area (Å²) >= 11 is 0. The summed E-state index contributed by atoms with van der Waals surface area (Å²) < 4.78 is 7.33. The number of ether oxygens (including phenoxy) is 1. The highest BCUT2D eigenvalue weighted by Gasteiger charge is 2.19. The Morgan fingerprint density at radius 3 is 2.73 bits per heavy atom. The van der Waals surface area contributed by atoms with Crippen LogP contribution in [0.15, 0.2) is 53.5 Å². The molecule has 116 valence electrons. The summed E-state index contributed by atoms with van der Waals surface area (Å²) in [5.41, 5.74) is 1.09. The van der Waals surface area contributed by atoms with E-state index in [9.17, 15) is 4.79 Å². The second-order valence-electron chi connectivity index (χ2n) is 5.74. The van der Waals surface area contributed by atoms with E-state index in [2.05, 4.69) is 5.32 Å². The van der Waals surface area contributed by atoms with Gasteiger partial charge in [0.2, 0.25) is 0 Å². The molecule has 1 aromatic heterocycles. The summed E-state index contributed by atoms with van der Waals surface area (Å²) in [6.07, 6.45) is 5.37. The number of nitrogens with zero attached hydrogens (tertiary/aromatic N) is 1. The molecule has 0 atom stereocenters. The van der Waals surface area contributed by atoms with E-state index in [1.54, 1.807) is 16.8 Å². The molecular weight excluding hydrogens is 276 g/mol. The first kappa shape index (κ1) is 14.9. The van der Waals surface area contributed by atoms with E-state index >= 15 is 0 Å². The average molecular weight is 298 g/mol. The highest BCUT2D eigenvalue weighted by atomic mass is 16.5. The third-order valence-electron chi connectivity index (χ3n) is 3.76. The number of hydrogen-bond donors (Lipinski definition) is 1. The van der Waals surface area contributed by atoms with Gasteiger partial charge in [0.05, 0.1) is 13.2 Å². The Balaban J connectivity index is 1.49. The molecule has 0 bridgehead atoms. The van der Waals surface area contributed by atoms with Gasteiger partial charge in [0, 0.05) is 18.3 Å². The molecule has 1 saturated carbocycles. The Hall–Kier alpha value is -2.07. The Labute approximate surface area is 130 Å². The van der Waals surface area contributed by atoms with E-state index in [1.165, 1.54) is 12.8 Å². The fourth-order valence-electron chi connectivity index (χ4n) is 2.35. The zero-order chi connectivity index (χ0) is 15.2. The highest BCUT2D eigenvalue weighted by Crippen LogP contribution is 2.18. The molecule has 4 heteroatoms. The Kier molecular flexibility index (Phi) is 4.91. The minimum atomic E-state index is -0.0301. The van der Waals surface area contributed by atoms with Crippen molar-refractivity contribution in [3.8, 4) is 5.75 Å². The SMILES string of the molecule is O=c1cc(OCCCNC2CC2)ccn1Cc1ccccc1. The maximum atomic E-state index is 12.1. The monoisotopic (exact) mass is 298 g/mol. The van der Waals surface area contributed by atoms with Crippen LogP contribution < -0.4 is 15.6 Å². The van der Waals surface area contributed by atoms with E-state index in [4.69, 9.17) is 4.74 Å². The molecule has 0 amide bonds. The summed E-state index contributed by atoms with van der Waals surface area (Å²) in [6.45, 7) is 2.21. The molecule has 3 rings (SSSR count). The molecule has 1 heterocycles. The topological polar surface area (TPSA) is 43.3 Å². The van der Waals surface area contributed by atoms with E-state index in [-0.39, 0.29) is 5.56 Å². The summed E-state index contributed by atoms with van der Waals surface area (Å²) in [4.78, 5) is 12.1. The van der Waals surface area contributed by atoms with Crippen molar-refractivity contribution in [1.29, 1.82) is 0 Å². The largest absolute Gasteiger partial charge is 0.493 e. The third kappa shape index (κ3) is 4.46. The van der Waals surface area contributed by atoms with Crippen molar-refractivity contribution >= 4 is 0 Å². The van der Waals surface area contributed by atoms with Crippen LogP contribution >= 0.6 is 0 Å². The fraction of sp³-hybridized carbons (Fsp3) is 0.389. The molecule has 0 radical (unpaired) electrons. The minimum absolute atomic E-state index is 0.0301. The van der Waals surface area contributed by atoms with Gasteiger partial charge in [0.15, 0.2) is 0 Å². The van der Waals surface area contributed by atoms with Crippen LogP contribution in [0.3, 0.4) is 0 Å². The molecule has 22 heavy (non-hydrogen) atoms. The third-order valence-corrected chi connectivity index (χ3v) is 3.76. The van der Waals surface area contributed by atoms with Gasteiger partial charge >= 0.3 is 0 Å². The van der Waals surface area contributed by atoms with Gasteiger partial charge in [-0.3, -0.25) is 4.79 Å². The van der Waals surface area contributed by atoms with E-state index < -0.39 is 0 Å². The lowest BCUT2D eigenvalue weighted by Gasteiger charge is -2.09. The van der Waals surface area contributed by atoms with Gasteiger partial charge < -0.3 is 14.6 Å². The second-order valence-corrected chi connectivity index (χ2v) is 5.74. The Morgan fingerprint density at radius 2 is 2.00 bits per heavy atom. The lowest BCUT2D eigenvalue weighted by molar-refractivity contribution is 0.307. The predicted molar refractivity (Wildman–Crippen MR) is 87.4 cm³/mol. The zero-order valence-electron chi connectivity index (χ0n) is 12.7. The standard InChI is InChI=1S/C18H22N2O2/c21-18-13-17(22-12-4-10-19-16-7-8-16)9-11-20(18)14-15-5-2-1-3-6-15/h1-3,5-6,9,11,13,16,19H,4,7-8,10,12,14H2. The van der Waals surface area contributed by atoms with Crippen LogP contribution in [-0.2, 0) is 6.54 Å². The van der Waals surface area contributed by atoms with Crippen LogP contribution in [0.1, 0.15) is 24.8 Å². The van der Waals surface area contributed by atoms with Crippen LogP contribution in [0, 0.1) is 0 Å². The summed E-state index contributed by atoms with van der Waals surface area (Å²) in [6, 6.07) is 14.1. The maximum Gasteiger partial charge on any atom is 0.254 e. The van der Waals surface area contributed by atoms with Crippen molar-refractivity contribution in [1.82, 2.24) is 9.88 Å². The molecule has 1 aromatic carbocycles. The Morgan fingerprint density at radius 1 is 1.18 bits per heavy atom. The molecule has 1 aliphatic rings. The normalized spacial score (nSPS) is 14.0. The first-order chi connectivity index (χ1) is 10.8. The van der Waals surface area contributed by atoms with Crippen LogP contribution in [-0.4, -0.2) is 23.8 Å². The zero-order valence-corrected chi connectivity index (χ0v) is 12.7. The summed E-state index contributed by atoms with van der Waals surface area (Å²) in [5, 5.41) is 3.44. The fourth-order valence-corrected chi connectivity index (χ4v) is 2.35. The molecule has 2 aromatic rings. The van der Waals surface area contributed by atoms with Gasteiger partial charge in [0.25, 0.3) is 5.56 Å². The van der Waals surface area contributed by atoms with Gasteiger partial charge in [-0.05, 0) is 37.4 Å². The minimum Gasteiger partial charge on any atom is -0.493 e. The van der Waals surface area contributed by atoms with Crippen molar-refractivity contribution in [2.24, 2.45) is 0 Å². The van der Waals surface area contributed by atoms with Gasteiger partial charge in [-0.1, -0.05) is 30.3 Å². The van der Waals surface area contributed by atoms with Crippen molar-refractivity contribution in [2.45, 2.75) is 31.8 Å². The number of nitrogens with one attached hydrogen (secondary N) is 1. The first-order valence-electron chi connectivity index (χ1n) is 7.92. The molecule has 4 nitrogen and oxygen atoms in total. The van der Waals surface area contributed by atoms with Crippen molar-refractivity contribution in [3.63, 3.8) is 0 Å². The smallest absolute Gasteiger partial charge is 0.254 e. The van der Waals surface area contributed by atoms with E-state index in [0.29, 0.717) is 18.9 Å². The van der Waals surface area contributed by atoms with Crippen molar-refractivity contribution < 1.29 is 4.74 Å². The summed E-state index contributed by atoms with van der Waals surface area (Å²) in [5.74, 6) is 0.653. The van der Waals surface area contributed by atoms with E-state index in [0.717, 1.165) is 24.6 Å². The predicted octanol–water partition coefficient (Wildman–Crippen LogP) is 2.42. The molecule has 0 spiro atoms. The van der Waals surface area contributed by atoms with Crippen molar-refractivity contribution in [2.75, 3.05) is 13.2 Å². The molecule has 1 aliphatic carbocycles. The number of pyridine rings is 1. The molecule has 0 unspecified atom stereocenters. The second kappa shape index (κ2) is 7.27. The highest BCUT2D eigenvalue weighted by molar-refractivity contribution is 5.20. The molecule has 0 aliphatic heterocycles. The first-order valence-corrected chi connectivity index (χ1v) is 7.92. The van der Waals surface area contributed by atoms with Crippen molar-refractivity contribution in [3.05, 3.63) is 64.6 Å². The van der Waals surface area contributed by atoms with E-state index in [1.807, 2.05) is 36.4 Å². The number of benzene rings is 1. The van der Waals surface area contributed by atoms with Gasteiger partial charge in [-0.2, -0.15) is 0 Å². The summed E-state index contributed by atoms with van der Waals surface area (Å²) in [7, 11) is 0. The maximum absolute atomic E-state index is 12.1. The van der Waals surface area contributed by atoms with Gasteiger partial charge in [-0.15, -0.1) is 0 Å². The van der Waals surface area contributed by atoms with Crippen LogP contribution in [0.4, 0.5) is 0 Å². The molecular formula is C18H22N2O2. The van der Waals surface area contributed by atoms with Gasteiger partial charge in [0.1, 0.15) is 5.75 Å². The lowest BCUT2D eigenvalue weighted by Crippen LogP contribution is -2.21.